The monoisotopic (exact) mass is 241 g/mol. The van der Waals surface area contributed by atoms with Crippen molar-refractivity contribution in [3.05, 3.63) is 0 Å². The van der Waals surface area contributed by atoms with E-state index in [4.69, 9.17) is 0 Å². The number of ketones is 1. The van der Waals surface area contributed by atoms with E-state index in [9.17, 15) is 4.79 Å². The molecule has 0 saturated carbocycles. The molecule has 2 heteroatoms. The minimum absolute atomic E-state index is 0.0937. The first-order valence-corrected chi connectivity index (χ1v) is 6.57. The van der Waals surface area contributed by atoms with Gasteiger partial charge in [0.2, 0.25) is 0 Å². The highest BCUT2D eigenvalue weighted by atomic mass is 16.1. The number of nitrogens with zero attached hydrogens (tertiary/aromatic N) is 1. The summed E-state index contributed by atoms with van der Waals surface area (Å²) in [4.78, 5) is 14.4. The van der Waals surface area contributed by atoms with Crippen LogP contribution in [0.4, 0.5) is 0 Å². The number of carbonyl (C=O) groups is 1. The van der Waals surface area contributed by atoms with Crippen molar-refractivity contribution in [2.75, 3.05) is 6.54 Å². The molecule has 102 valence electrons. The third kappa shape index (κ3) is 5.67. The van der Waals surface area contributed by atoms with E-state index in [2.05, 4.69) is 46.4 Å². The molecule has 0 aromatic carbocycles. The summed E-state index contributed by atoms with van der Waals surface area (Å²) in [5.74, 6) is 0.344. The van der Waals surface area contributed by atoms with E-state index in [0.29, 0.717) is 12.2 Å². The van der Waals surface area contributed by atoms with E-state index in [1.807, 2.05) is 20.8 Å². The summed E-state index contributed by atoms with van der Waals surface area (Å²) in [7, 11) is 0. The van der Waals surface area contributed by atoms with Crippen molar-refractivity contribution in [3.63, 3.8) is 0 Å². The lowest BCUT2D eigenvalue weighted by Crippen LogP contribution is -2.53. The lowest BCUT2D eigenvalue weighted by molar-refractivity contribution is -0.127. The molecule has 0 aliphatic rings. The van der Waals surface area contributed by atoms with Gasteiger partial charge in [-0.1, -0.05) is 20.8 Å². The van der Waals surface area contributed by atoms with Crippen molar-refractivity contribution in [2.45, 2.75) is 79.8 Å². The summed E-state index contributed by atoms with van der Waals surface area (Å²) in [5.41, 5.74) is -0.0335. The Balaban J connectivity index is 4.67. The van der Waals surface area contributed by atoms with Gasteiger partial charge in [0.1, 0.15) is 5.78 Å². The molecule has 0 aliphatic carbocycles. The smallest absolute Gasteiger partial charge is 0.139 e. The van der Waals surface area contributed by atoms with E-state index in [0.717, 1.165) is 6.54 Å². The van der Waals surface area contributed by atoms with Gasteiger partial charge in [-0.05, 0) is 41.5 Å². The standard InChI is InChI=1S/C15H31NO/c1-13(2,3)12(17)10-11-16(14(4,5)6)15(7,8)9/h10-11H2,1-9H3. The maximum atomic E-state index is 12.0. The first kappa shape index (κ1) is 16.6. The molecule has 0 unspecified atom stereocenters. The zero-order valence-corrected chi connectivity index (χ0v) is 13.3. The molecule has 2 nitrogen and oxygen atoms in total. The van der Waals surface area contributed by atoms with E-state index >= 15 is 0 Å². The predicted octanol–water partition coefficient (Wildman–Crippen LogP) is 3.89. The van der Waals surface area contributed by atoms with Gasteiger partial charge in [-0.2, -0.15) is 0 Å². The third-order valence-electron chi connectivity index (χ3n) is 3.02. The summed E-state index contributed by atoms with van der Waals surface area (Å²) < 4.78 is 0. The van der Waals surface area contributed by atoms with Gasteiger partial charge in [-0.25, -0.2) is 0 Å². The second kappa shape index (κ2) is 5.09. The van der Waals surface area contributed by atoms with Crippen molar-refractivity contribution in [3.8, 4) is 0 Å². The summed E-state index contributed by atoms with van der Waals surface area (Å²) in [6.07, 6.45) is 0.637. The second-order valence-corrected chi connectivity index (χ2v) is 7.92. The number of carbonyl (C=O) groups excluding carboxylic acids is 1. The van der Waals surface area contributed by atoms with Crippen LogP contribution in [0.1, 0.15) is 68.7 Å². The quantitative estimate of drug-likeness (QED) is 0.747. The van der Waals surface area contributed by atoms with Crippen LogP contribution in [-0.2, 0) is 4.79 Å². The van der Waals surface area contributed by atoms with Gasteiger partial charge in [0.05, 0.1) is 0 Å². The Kier molecular flexibility index (Phi) is 4.98. The molecule has 0 N–H and O–H groups in total. The first-order valence-electron chi connectivity index (χ1n) is 6.57. The summed E-state index contributed by atoms with van der Waals surface area (Å²) in [6.45, 7) is 20.1. The van der Waals surface area contributed by atoms with Gasteiger partial charge in [-0.15, -0.1) is 0 Å². The number of rotatable bonds is 3. The summed E-state index contributed by atoms with van der Waals surface area (Å²) in [5, 5.41) is 0. The van der Waals surface area contributed by atoms with Crippen LogP contribution in [0.3, 0.4) is 0 Å². The minimum Gasteiger partial charge on any atom is -0.299 e. The summed E-state index contributed by atoms with van der Waals surface area (Å²) >= 11 is 0. The normalized spacial score (nSPS) is 14.2. The van der Waals surface area contributed by atoms with Crippen LogP contribution in [0, 0.1) is 5.41 Å². The Morgan fingerprint density at radius 1 is 0.824 bits per heavy atom. The van der Waals surface area contributed by atoms with E-state index < -0.39 is 0 Å². The zero-order valence-electron chi connectivity index (χ0n) is 13.3. The van der Waals surface area contributed by atoms with Crippen LogP contribution in [0.5, 0.6) is 0 Å². The van der Waals surface area contributed by atoms with E-state index in [1.165, 1.54) is 0 Å². The molecular formula is C15H31NO. The number of hydrogen-bond donors (Lipinski definition) is 0. The third-order valence-corrected chi connectivity index (χ3v) is 3.02. The predicted molar refractivity (Wildman–Crippen MR) is 75.3 cm³/mol. The van der Waals surface area contributed by atoms with Crippen LogP contribution in [0.2, 0.25) is 0 Å². The maximum Gasteiger partial charge on any atom is 0.139 e. The fourth-order valence-electron chi connectivity index (χ4n) is 2.27. The lowest BCUT2D eigenvalue weighted by Gasteiger charge is -2.45. The molecule has 0 bridgehead atoms. The molecule has 0 aliphatic heterocycles. The molecule has 0 aromatic rings. The zero-order chi connectivity index (χ0) is 14.1. The molecule has 17 heavy (non-hydrogen) atoms. The van der Waals surface area contributed by atoms with Gasteiger partial charge < -0.3 is 0 Å². The van der Waals surface area contributed by atoms with Crippen molar-refractivity contribution in [1.29, 1.82) is 0 Å². The SMILES string of the molecule is CC(C)(C)C(=O)CCN(C(C)(C)C)C(C)(C)C. The number of Topliss-reactive ketones (excluding diaryl/α,β-unsaturated/α-hetero) is 1. The van der Waals surface area contributed by atoms with Crippen molar-refractivity contribution >= 4 is 5.78 Å². The van der Waals surface area contributed by atoms with Crippen LogP contribution < -0.4 is 0 Å². The minimum atomic E-state index is -0.221. The Morgan fingerprint density at radius 3 is 1.41 bits per heavy atom. The van der Waals surface area contributed by atoms with E-state index in [-0.39, 0.29) is 16.5 Å². The highest BCUT2D eigenvalue weighted by Crippen LogP contribution is 2.26. The van der Waals surface area contributed by atoms with Crippen LogP contribution in [0.15, 0.2) is 0 Å². The Bertz CT molecular complexity index is 246. The molecule has 0 aromatic heterocycles. The van der Waals surface area contributed by atoms with Gasteiger partial charge in [-0.3, -0.25) is 9.69 Å². The molecule has 0 spiro atoms. The molecule has 0 fully saturated rings. The van der Waals surface area contributed by atoms with Gasteiger partial charge in [0, 0.05) is 29.5 Å². The van der Waals surface area contributed by atoms with Crippen LogP contribution in [-0.4, -0.2) is 28.3 Å². The van der Waals surface area contributed by atoms with Gasteiger partial charge in [0.15, 0.2) is 0 Å². The average molecular weight is 241 g/mol. The second-order valence-electron chi connectivity index (χ2n) is 7.92. The molecule has 0 radical (unpaired) electrons. The van der Waals surface area contributed by atoms with Crippen LogP contribution in [0.25, 0.3) is 0 Å². The molecular weight excluding hydrogens is 210 g/mol. The Morgan fingerprint density at radius 2 is 1.18 bits per heavy atom. The first-order chi connectivity index (χ1) is 7.26. The molecule has 0 amide bonds. The lowest BCUT2D eigenvalue weighted by atomic mass is 9.87. The highest BCUT2D eigenvalue weighted by Gasteiger charge is 2.32. The highest BCUT2D eigenvalue weighted by molar-refractivity contribution is 5.83. The van der Waals surface area contributed by atoms with Crippen molar-refractivity contribution < 1.29 is 4.79 Å². The molecule has 0 heterocycles. The fraction of sp³-hybridized carbons (Fsp3) is 0.933. The largest absolute Gasteiger partial charge is 0.299 e. The van der Waals surface area contributed by atoms with Crippen LogP contribution >= 0.6 is 0 Å². The van der Waals surface area contributed by atoms with Gasteiger partial charge >= 0.3 is 0 Å². The molecule has 0 atom stereocenters. The van der Waals surface area contributed by atoms with Crippen molar-refractivity contribution in [1.82, 2.24) is 4.90 Å². The van der Waals surface area contributed by atoms with Crippen molar-refractivity contribution in [2.24, 2.45) is 5.41 Å². The van der Waals surface area contributed by atoms with Gasteiger partial charge in [0.25, 0.3) is 0 Å². The maximum absolute atomic E-state index is 12.0. The van der Waals surface area contributed by atoms with E-state index in [1.54, 1.807) is 0 Å². The fourth-order valence-corrected chi connectivity index (χ4v) is 2.27. The average Bonchev–Trinajstić information content (AvgIpc) is 1.96. The Hall–Kier alpha value is -0.370. The Labute approximate surface area is 108 Å². The number of hydrogen-bond acceptors (Lipinski definition) is 2. The molecule has 0 rings (SSSR count). The molecule has 0 saturated heterocycles. The topological polar surface area (TPSA) is 20.3 Å². The summed E-state index contributed by atoms with van der Waals surface area (Å²) in [6, 6.07) is 0.